The summed E-state index contributed by atoms with van der Waals surface area (Å²) >= 11 is 0. The first kappa shape index (κ1) is 12.9. The third kappa shape index (κ3) is 5.68. The molecule has 0 radical (unpaired) electrons. The van der Waals surface area contributed by atoms with Crippen LogP contribution in [-0.4, -0.2) is 38.5 Å². The first-order valence-corrected chi connectivity index (χ1v) is 5.56. The molecule has 0 saturated carbocycles. The number of anilines is 1. The molecule has 1 N–H and O–H groups in total. The molecule has 0 aromatic carbocycles. The van der Waals surface area contributed by atoms with E-state index in [2.05, 4.69) is 10.3 Å². The van der Waals surface area contributed by atoms with Crippen molar-refractivity contribution in [2.45, 2.75) is 13.3 Å². The van der Waals surface area contributed by atoms with Crippen LogP contribution in [0.15, 0.2) is 18.3 Å². The lowest BCUT2D eigenvalue weighted by Gasteiger charge is -2.07. The van der Waals surface area contributed by atoms with Gasteiger partial charge < -0.3 is 14.8 Å². The standard InChI is InChI=1S/C12H20N2O2/c1-11-10-12(4-6-13-11)14-5-3-7-16-9-8-15-2/h4,6,10H,3,5,7-9H2,1-2H3,(H,13,14). The highest BCUT2D eigenvalue weighted by Gasteiger charge is 1.93. The van der Waals surface area contributed by atoms with E-state index in [-0.39, 0.29) is 0 Å². The average Bonchev–Trinajstić information content (AvgIpc) is 2.28. The summed E-state index contributed by atoms with van der Waals surface area (Å²) in [5.74, 6) is 0. The van der Waals surface area contributed by atoms with Crippen molar-refractivity contribution in [3.63, 3.8) is 0 Å². The second kappa shape index (κ2) is 8.07. The molecule has 0 amide bonds. The van der Waals surface area contributed by atoms with E-state index in [0.29, 0.717) is 13.2 Å². The number of nitrogens with zero attached hydrogens (tertiary/aromatic N) is 1. The predicted octanol–water partition coefficient (Wildman–Crippen LogP) is 1.86. The molecule has 0 unspecified atom stereocenters. The van der Waals surface area contributed by atoms with Crippen molar-refractivity contribution in [2.24, 2.45) is 0 Å². The lowest BCUT2D eigenvalue weighted by Crippen LogP contribution is -2.08. The Morgan fingerprint density at radius 2 is 2.19 bits per heavy atom. The number of rotatable bonds is 8. The van der Waals surface area contributed by atoms with Gasteiger partial charge >= 0.3 is 0 Å². The van der Waals surface area contributed by atoms with Crippen LogP contribution in [-0.2, 0) is 9.47 Å². The molecular weight excluding hydrogens is 204 g/mol. The summed E-state index contributed by atoms with van der Waals surface area (Å²) < 4.78 is 10.2. The van der Waals surface area contributed by atoms with Crippen LogP contribution in [0.5, 0.6) is 0 Å². The summed E-state index contributed by atoms with van der Waals surface area (Å²) in [7, 11) is 1.68. The highest BCUT2D eigenvalue weighted by atomic mass is 16.5. The lowest BCUT2D eigenvalue weighted by molar-refractivity contribution is 0.0705. The summed E-state index contributed by atoms with van der Waals surface area (Å²) in [4.78, 5) is 4.14. The maximum atomic E-state index is 5.36. The predicted molar refractivity (Wildman–Crippen MR) is 64.8 cm³/mol. The van der Waals surface area contributed by atoms with E-state index in [4.69, 9.17) is 9.47 Å². The third-order valence-corrected chi connectivity index (χ3v) is 2.12. The van der Waals surface area contributed by atoms with Gasteiger partial charge in [0, 0.05) is 37.8 Å². The molecule has 4 heteroatoms. The lowest BCUT2D eigenvalue weighted by atomic mass is 10.3. The van der Waals surface area contributed by atoms with Crippen LogP contribution in [0.25, 0.3) is 0 Å². The van der Waals surface area contributed by atoms with Gasteiger partial charge in [-0.05, 0) is 25.5 Å². The Balaban J connectivity index is 2.03. The van der Waals surface area contributed by atoms with Crippen molar-refractivity contribution in [1.82, 2.24) is 4.98 Å². The Morgan fingerprint density at radius 3 is 2.94 bits per heavy atom. The number of ether oxygens (including phenoxy) is 2. The number of methoxy groups -OCH3 is 1. The second-order valence-corrected chi connectivity index (χ2v) is 3.57. The first-order chi connectivity index (χ1) is 7.83. The van der Waals surface area contributed by atoms with Gasteiger partial charge in [-0.2, -0.15) is 0 Å². The van der Waals surface area contributed by atoms with Crippen LogP contribution >= 0.6 is 0 Å². The van der Waals surface area contributed by atoms with Crippen LogP contribution < -0.4 is 5.32 Å². The van der Waals surface area contributed by atoms with Crippen LogP contribution in [0, 0.1) is 6.92 Å². The van der Waals surface area contributed by atoms with Gasteiger partial charge in [-0.1, -0.05) is 0 Å². The van der Waals surface area contributed by atoms with E-state index in [1.54, 1.807) is 7.11 Å². The molecule has 1 heterocycles. The molecule has 1 aromatic rings. The maximum absolute atomic E-state index is 5.36. The number of aromatic nitrogens is 1. The maximum Gasteiger partial charge on any atom is 0.0700 e. The zero-order chi connectivity index (χ0) is 11.6. The Morgan fingerprint density at radius 1 is 1.31 bits per heavy atom. The largest absolute Gasteiger partial charge is 0.385 e. The van der Waals surface area contributed by atoms with E-state index in [1.807, 2.05) is 25.3 Å². The van der Waals surface area contributed by atoms with Gasteiger partial charge in [0.1, 0.15) is 0 Å². The van der Waals surface area contributed by atoms with E-state index >= 15 is 0 Å². The fraction of sp³-hybridized carbons (Fsp3) is 0.583. The quantitative estimate of drug-likeness (QED) is 0.684. The minimum Gasteiger partial charge on any atom is -0.385 e. The monoisotopic (exact) mass is 224 g/mol. The molecule has 0 aliphatic rings. The Labute approximate surface area is 97.0 Å². The minimum absolute atomic E-state index is 0.664. The number of aryl methyl sites for hydroxylation is 1. The number of nitrogens with one attached hydrogen (secondary N) is 1. The fourth-order valence-electron chi connectivity index (χ4n) is 1.31. The van der Waals surface area contributed by atoms with Crippen molar-refractivity contribution >= 4 is 5.69 Å². The van der Waals surface area contributed by atoms with E-state index in [0.717, 1.165) is 31.0 Å². The Hall–Kier alpha value is -1.13. The zero-order valence-electron chi connectivity index (χ0n) is 10.0. The van der Waals surface area contributed by atoms with E-state index < -0.39 is 0 Å². The summed E-state index contributed by atoms with van der Waals surface area (Å²) in [5, 5.41) is 3.33. The topological polar surface area (TPSA) is 43.4 Å². The number of hydrogen-bond donors (Lipinski definition) is 1. The molecular formula is C12H20N2O2. The summed E-state index contributed by atoms with van der Waals surface area (Å²) in [5.41, 5.74) is 2.14. The Kier molecular flexibility index (Phi) is 6.53. The zero-order valence-corrected chi connectivity index (χ0v) is 10.0. The highest BCUT2D eigenvalue weighted by Crippen LogP contribution is 2.06. The molecule has 0 saturated heterocycles. The van der Waals surface area contributed by atoms with Gasteiger partial charge in [0.15, 0.2) is 0 Å². The van der Waals surface area contributed by atoms with Gasteiger partial charge in [0.2, 0.25) is 0 Å². The van der Waals surface area contributed by atoms with Crippen LogP contribution in [0.3, 0.4) is 0 Å². The first-order valence-electron chi connectivity index (χ1n) is 5.56. The molecule has 0 aliphatic carbocycles. The Bertz CT molecular complexity index is 292. The molecule has 0 fully saturated rings. The molecule has 0 spiro atoms. The SMILES string of the molecule is COCCOCCCNc1ccnc(C)c1. The molecule has 16 heavy (non-hydrogen) atoms. The highest BCUT2D eigenvalue weighted by molar-refractivity contribution is 5.42. The van der Waals surface area contributed by atoms with E-state index in [9.17, 15) is 0 Å². The summed E-state index contributed by atoms with van der Waals surface area (Å²) in [6.45, 7) is 5.00. The van der Waals surface area contributed by atoms with Crippen molar-refractivity contribution in [2.75, 3.05) is 38.8 Å². The van der Waals surface area contributed by atoms with Crippen molar-refractivity contribution < 1.29 is 9.47 Å². The van der Waals surface area contributed by atoms with Gasteiger partial charge in [-0.25, -0.2) is 0 Å². The minimum atomic E-state index is 0.664. The van der Waals surface area contributed by atoms with Gasteiger partial charge in [0.25, 0.3) is 0 Å². The number of hydrogen-bond acceptors (Lipinski definition) is 4. The molecule has 0 aliphatic heterocycles. The average molecular weight is 224 g/mol. The van der Waals surface area contributed by atoms with Gasteiger partial charge in [-0.15, -0.1) is 0 Å². The van der Waals surface area contributed by atoms with Crippen LogP contribution in [0.2, 0.25) is 0 Å². The molecule has 0 bridgehead atoms. The summed E-state index contributed by atoms with van der Waals surface area (Å²) in [6.07, 6.45) is 2.80. The van der Waals surface area contributed by atoms with Crippen molar-refractivity contribution in [1.29, 1.82) is 0 Å². The van der Waals surface area contributed by atoms with Crippen molar-refractivity contribution in [3.05, 3.63) is 24.0 Å². The van der Waals surface area contributed by atoms with Crippen molar-refractivity contribution in [3.8, 4) is 0 Å². The molecule has 0 atom stereocenters. The summed E-state index contributed by atoms with van der Waals surface area (Å²) in [6, 6.07) is 4.00. The molecule has 4 nitrogen and oxygen atoms in total. The van der Waals surface area contributed by atoms with Gasteiger partial charge in [-0.3, -0.25) is 4.98 Å². The molecule has 1 aromatic heterocycles. The molecule has 90 valence electrons. The van der Waals surface area contributed by atoms with E-state index in [1.165, 1.54) is 0 Å². The van der Waals surface area contributed by atoms with Crippen LogP contribution in [0.4, 0.5) is 5.69 Å². The smallest absolute Gasteiger partial charge is 0.0700 e. The third-order valence-electron chi connectivity index (χ3n) is 2.12. The second-order valence-electron chi connectivity index (χ2n) is 3.57. The normalized spacial score (nSPS) is 10.4. The number of pyridine rings is 1. The fourth-order valence-corrected chi connectivity index (χ4v) is 1.31. The molecule has 1 rings (SSSR count). The van der Waals surface area contributed by atoms with Crippen LogP contribution in [0.1, 0.15) is 12.1 Å². The van der Waals surface area contributed by atoms with Gasteiger partial charge in [0.05, 0.1) is 13.2 Å².